The van der Waals surface area contributed by atoms with Crippen LogP contribution in [-0.4, -0.2) is 44.3 Å². The number of rotatable bonds is 11. The van der Waals surface area contributed by atoms with Gasteiger partial charge in [-0.05, 0) is 74.2 Å². The molecule has 0 fully saturated rings. The largest absolute Gasteiger partial charge is 0.354 e. The van der Waals surface area contributed by atoms with E-state index in [1.807, 2.05) is 20.8 Å². The van der Waals surface area contributed by atoms with Gasteiger partial charge in [0, 0.05) is 18.1 Å². The molecule has 0 aliphatic carbocycles. The second-order valence-electron chi connectivity index (χ2n) is 10.3. The van der Waals surface area contributed by atoms with Crippen molar-refractivity contribution in [3.8, 4) is 0 Å². The number of hydrogen-bond acceptors (Lipinski definition) is 4. The molecular formula is C30H34Cl3N3O4S. The lowest BCUT2D eigenvalue weighted by molar-refractivity contribution is -0.139. The fourth-order valence-corrected chi connectivity index (χ4v) is 6.05. The summed E-state index contributed by atoms with van der Waals surface area (Å²) in [6.07, 6.45) is 0. The van der Waals surface area contributed by atoms with E-state index >= 15 is 0 Å². The van der Waals surface area contributed by atoms with Crippen LogP contribution < -0.4 is 9.62 Å². The first-order valence-corrected chi connectivity index (χ1v) is 15.7. The SMILES string of the molecule is Cc1ccc(S(=O)(=O)N(CC(=O)N(Cc2ccc(Cl)c(Cl)c2)C(C)C(=O)NCC(C)C)c2cccc(Cl)c2C)cc1. The van der Waals surface area contributed by atoms with E-state index in [0.717, 1.165) is 9.87 Å². The van der Waals surface area contributed by atoms with Gasteiger partial charge in [-0.25, -0.2) is 8.42 Å². The standard InChI is InChI=1S/C30H34Cl3N3O4S/c1-19(2)16-34-30(38)22(5)35(17-23-11-14-26(32)27(33)15-23)29(37)18-36(28-8-6-7-25(31)21(28)4)41(39,40)24-12-9-20(3)10-13-24/h6-15,19,22H,16-18H2,1-5H3,(H,34,38). The first-order valence-electron chi connectivity index (χ1n) is 13.1. The van der Waals surface area contributed by atoms with Gasteiger partial charge < -0.3 is 10.2 Å². The smallest absolute Gasteiger partial charge is 0.264 e. The molecule has 0 aromatic heterocycles. The Bertz CT molecular complexity index is 1510. The topological polar surface area (TPSA) is 86.8 Å². The van der Waals surface area contributed by atoms with Gasteiger partial charge in [-0.1, -0.05) is 78.5 Å². The molecule has 0 spiro atoms. The van der Waals surface area contributed by atoms with Gasteiger partial charge in [-0.2, -0.15) is 0 Å². The van der Waals surface area contributed by atoms with Crippen molar-refractivity contribution in [1.82, 2.24) is 10.2 Å². The van der Waals surface area contributed by atoms with E-state index in [4.69, 9.17) is 34.8 Å². The molecule has 7 nitrogen and oxygen atoms in total. The Kier molecular flexibility index (Phi) is 11.1. The molecule has 3 aromatic rings. The van der Waals surface area contributed by atoms with Crippen molar-refractivity contribution in [2.45, 2.75) is 52.1 Å². The molecule has 220 valence electrons. The number of halogens is 3. The lowest BCUT2D eigenvalue weighted by atomic mass is 10.1. The number of carbonyl (C=O) groups excluding carboxylic acids is 2. The molecule has 0 saturated heterocycles. The van der Waals surface area contributed by atoms with Gasteiger partial charge in [0.25, 0.3) is 10.0 Å². The number of amides is 2. The van der Waals surface area contributed by atoms with Crippen LogP contribution in [0.4, 0.5) is 5.69 Å². The summed E-state index contributed by atoms with van der Waals surface area (Å²) in [5.41, 5.74) is 2.27. The molecule has 2 amide bonds. The van der Waals surface area contributed by atoms with Crippen LogP contribution in [0.5, 0.6) is 0 Å². The molecule has 1 unspecified atom stereocenters. The number of nitrogens with zero attached hydrogens (tertiary/aromatic N) is 2. The van der Waals surface area contributed by atoms with Crippen LogP contribution in [0.2, 0.25) is 15.1 Å². The van der Waals surface area contributed by atoms with Gasteiger partial charge in [-0.15, -0.1) is 0 Å². The third-order valence-electron chi connectivity index (χ3n) is 6.58. The molecule has 1 atom stereocenters. The average Bonchev–Trinajstić information content (AvgIpc) is 2.92. The zero-order chi connectivity index (χ0) is 30.5. The van der Waals surface area contributed by atoms with Crippen molar-refractivity contribution in [2.75, 3.05) is 17.4 Å². The van der Waals surface area contributed by atoms with Gasteiger partial charge in [0.15, 0.2) is 0 Å². The van der Waals surface area contributed by atoms with Crippen molar-refractivity contribution < 1.29 is 18.0 Å². The maximum atomic E-state index is 14.0. The van der Waals surface area contributed by atoms with Gasteiger partial charge in [0.05, 0.1) is 20.6 Å². The van der Waals surface area contributed by atoms with Crippen LogP contribution >= 0.6 is 34.8 Å². The fraction of sp³-hybridized carbons (Fsp3) is 0.333. The lowest BCUT2D eigenvalue weighted by Crippen LogP contribution is -2.51. The lowest BCUT2D eigenvalue weighted by Gasteiger charge is -2.32. The van der Waals surface area contributed by atoms with Crippen LogP contribution in [0.15, 0.2) is 65.6 Å². The Balaban J connectivity index is 2.07. The quantitative estimate of drug-likeness (QED) is 0.255. The number of anilines is 1. The maximum Gasteiger partial charge on any atom is 0.264 e. The second-order valence-corrected chi connectivity index (χ2v) is 13.4. The average molecular weight is 639 g/mol. The summed E-state index contributed by atoms with van der Waals surface area (Å²) in [6.45, 7) is 8.93. The van der Waals surface area contributed by atoms with Crippen molar-refractivity contribution in [3.63, 3.8) is 0 Å². The Morgan fingerprint density at radius 3 is 2.15 bits per heavy atom. The van der Waals surface area contributed by atoms with Gasteiger partial charge in [-0.3, -0.25) is 13.9 Å². The van der Waals surface area contributed by atoms with E-state index in [0.29, 0.717) is 32.7 Å². The van der Waals surface area contributed by atoms with Crippen LogP contribution in [0.3, 0.4) is 0 Å². The zero-order valence-corrected chi connectivity index (χ0v) is 26.7. The predicted molar refractivity (Wildman–Crippen MR) is 166 cm³/mol. The third-order valence-corrected chi connectivity index (χ3v) is 9.51. The predicted octanol–water partition coefficient (Wildman–Crippen LogP) is 6.65. The number of benzene rings is 3. The molecule has 1 N–H and O–H groups in total. The summed E-state index contributed by atoms with van der Waals surface area (Å²) in [5.74, 6) is -0.747. The minimum atomic E-state index is -4.20. The fourth-order valence-electron chi connectivity index (χ4n) is 4.09. The van der Waals surface area contributed by atoms with Crippen LogP contribution in [0, 0.1) is 19.8 Å². The molecule has 0 aliphatic heterocycles. The number of nitrogens with one attached hydrogen (secondary N) is 1. The summed E-state index contributed by atoms with van der Waals surface area (Å²) in [6, 6.07) is 15.3. The first-order chi connectivity index (χ1) is 19.2. The highest BCUT2D eigenvalue weighted by atomic mass is 35.5. The van der Waals surface area contributed by atoms with Crippen molar-refractivity contribution in [1.29, 1.82) is 0 Å². The highest BCUT2D eigenvalue weighted by molar-refractivity contribution is 7.92. The Labute approximate surface area is 257 Å². The van der Waals surface area contributed by atoms with E-state index in [-0.39, 0.29) is 29.0 Å². The molecule has 0 radical (unpaired) electrons. The normalized spacial score (nSPS) is 12.2. The summed E-state index contributed by atoms with van der Waals surface area (Å²) in [7, 11) is -4.20. The molecule has 11 heteroatoms. The Hall–Kier alpha value is -2.78. The molecule has 0 saturated carbocycles. The summed E-state index contributed by atoms with van der Waals surface area (Å²) in [5, 5.41) is 3.86. The van der Waals surface area contributed by atoms with Crippen molar-refractivity contribution in [3.05, 3.63) is 92.4 Å². The highest BCUT2D eigenvalue weighted by Crippen LogP contribution is 2.31. The minimum absolute atomic E-state index is 0.00106. The summed E-state index contributed by atoms with van der Waals surface area (Å²) in [4.78, 5) is 28.5. The zero-order valence-electron chi connectivity index (χ0n) is 23.6. The van der Waals surface area contributed by atoms with Crippen molar-refractivity contribution in [2.24, 2.45) is 5.92 Å². The molecule has 0 bridgehead atoms. The van der Waals surface area contributed by atoms with Crippen molar-refractivity contribution >= 4 is 62.3 Å². The Morgan fingerprint density at radius 2 is 1.54 bits per heavy atom. The number of hydrogen-bond donors (Lipinski definition) is 1. The van der Waals surface area contributed by atoms with E-state index < -0.39 is 28.5 Å². The Morgan fingerprint density at radius 1 is 0.878 bits per heavy atom. The summed E-state index contributed by atoms with van der Waals surface area (Å²) < 4.78 is 29.0. The number of sulfonamides is 1. The molecule has 0 aliphatic rings. The van der Waals surface area contributed by atoms with Gasteiger partial charge in [0.2, 0.25) is 11.8 Å². The van der Waals surface area contributed by atoms with E-state index in [2.05, 4.69) is 5.32 Å². The van der Waals surface area contributed by atoms with Gasteiger partial charge >= 0.3 is 0 Å². The minimum Gasteiger partial charge on any atom is -0.354 e. The number of carbonyl (C=O) groups is 2. The highest BCUT2D eigenvalue weighted by Gasteiger charge is 2.33. The number of aryl methyl sites for hydroxylation is 1. The van der Waals surface area contributed by atoms with E-state index in [1.165, 1.54) is 17.0 Å². The third kappa shape index (κ3) is 8.16. The molecule has 41 heavy (non-hydrogen) atoms. The van der Waals surface area contributed by atoms with Crippen LogP contribution in [0.25, 0.3) is 0 Å². The van der Waals surface area contributed by atoms with Crippen LogP contribution in [0.1, 0.15) is 37.5 Å². The van der Waals surface area contributed by atoms with Gasteiger partial charge in [0.1, 0.15) is 12.6 Å². The first kappa shape index (κ1) is 32.7. The summed E-state index contributed by atoms with van der Waals surface area (Å²) >= 11 is 18.7. The van der Waals surface area contributed by atoms with E-state index in [1.54, 1.807) is 62.4 Å². The molecule has 3 rings (SSSR count). The second kappa shape index (κ2) is 13.9. The molecular weight excluding hydrogens is 605 g/mol. The molecule has 0 heterocycles. The molecule has 3 aromatic carbocycles. The van der Waals surface area contributed by atoms with Crippen LogP contribution in [-0.2, 0) is 26.2 Å². The maximum absolute atomic E-state index is 14.0. The van der Waals surface area contributed by atoms with E-state index in [9.17, 15) is 18.0 Å². The monoisotopic (exact) mass is 637 g/mol.